The van der Waals surface area contributed by atoms with Crippen LogP contribution in [0.3, 0.4) is 0 Å². The molecule has 0 radical (unpaired) electrons. The highest BCUT2D eigenvalue weighted by molar-refractivity contribution is 5.76. The number of amides is 3. The third-order valence-corrected chi connectivity index (χ3v) is 5.19. The summed E-state index contributed by atoms with van der Waals surface area (Å²) in [5.74, 6) is 0.115. The second-order valence-electron chi connectivity index (χ2n) is 6.97. The number of urea groups is 1. The number of nitrogens with one attached hydrogen (secondary N) is 3. The van der Waals surface area contributed by atoms with Gasteiger partial charge in [0, 0.05) is 39.1 Å². The van der Waals surface area contributed by atoms with Gasteiger partial charge in [-0.25, -0.2) is 4.79 Å². The molecule has 0 aromatic heterocycles. The fraction of sp³-hybridized carbons (Fsp3) is 0.579. The highest BCUT2D eigenvalue weighted by atomic mass is 16.2. The van der Waals surface area contributed by atoms with Gasteiger partial charge in [0.25, 0.3) is 0 Å². The summed E-state index contributed by atoms with van der Waals surface area (Å²) in [5.41, 5.74) is 2.64. The first-order valence-electron chi connectivity index (χ1n) is 9.23. The Morgan fingerprint density at radius 3 is 2.88 bits per heavy atom. The Morgan fingerprint density at radius 2 is 2.04 bits per heavy atom. The highest BCUT2D eigenvalue weighted by Crippen LogP contribution is 2.29. The van der Waals surface area contributed by atoms with E-state index >= 15 is 0 Å². The van der Waals surface area contributed by atoms with Crippen LogP contribution in [0.2, 0.25) is 0 Å². The van der Waals surface area contributed by atoms with Crippen LogP contribution >= 0.6 is 0 Å². The van der Waals surface area contributed by atoms with Crippen LogP contribution in [0.15, 0.2) is 24.3 Å². The molecule has 6 nitrogen and oxygen atoms in total. The molecule has 0 unspecified atom stereocenters. The SMILES string of the molecule is CNC(=O)N[C@H]1CCN(CCC(=O)N[C@H]2CCCc3ccccc32)C1. The smallest absolute Gasteiger partial charge is 0.314 e. The van der Waals surface area contributed by atoms with Crippen LogP contribution < -0.4 is 16.0 Å². The lowest BCUT2D eigenvalue weighted by molar-refractivity contribution is -0.122. The molecule has 3 N–H and O–H groups in total. The van der Waals surface area contributed by atoms with Crippen molar-refractivity contribution >= 4 is 11.9 Å². The molecule has 25 heavy (non-hydrogen) atoms. The number of hydrogen-bond acceptors (Lipinski definition) is 3. The van der Waals surface area contributed by atoms with Gasteiger partial charge >= 0.3 is 6.03 Å². The summed E-state index contributed by atoms with van der Waals surface area (Å²) >= 11 is 0. The average molecular weight is 344 g/mol. The standard InChI is InChI=1S/C19H28N4O2/c1-20-19(25)21-15-9-11-23(13-15)12-10-18(24)22-17-8-4-6-14-5-2-3-7-16(14)17/h2-3,5,7,15,17H,4,6,8-13H2,1H3,(H,22,24)(H2,20,21,25)/t15-,17-/m0/s1. The zero-order chi connectivity index (χ0) is 17.6. The number of carbonyl (C=O) groups excluding carboxylic acids is 2. The number of aryl methyl sites for hydroxylation is 1. The van der Waals surface area contributed by atoms with E-state index in [-0.39, 0.29) is 24.0 Å². The van der Waals surface area contributed by atoms with Gasteiger partial charge < -0.3 is 20.9 Å². The Morgan fingerprint density at radius 1 is 1.20 bits per heavy atom. The Kier molecular flexibility index (Phi) is 5.91. The Labute approximate surface area is 149 Å². The molecule has 1 heterocycles. The van der Waals surface area contributed by atoms with Crippen molar-refractivity contribution in [3.05, 3.63) is 35.4 Å². The van der Waals surface area contributed by atoms with E-state index in [0.717, 1.165) is 45.3 Å². The second kappa shape index (κ2) is 8.34. The van der Waals surface area contributed by atoms with Crippen LogP contribution in [0.5, 0.6) is 0 Å². The molecule has 1 aromatic carbocycles. The third-order valence-electron chi connectivity index (χ3n) is 5.19. The number of fused-ring (bicyclic) bond motifs is 1. The molecule has 136 valence electrons. The molecular weight excluding hydrogens is 316 g/mol. The lowest BCUT2D eigenvalue weighted by Gasteiger charge is -2.26. The molecule has 0 saturated carbocycles. The average Bonchev–Trinajstić information content (AvgIpc) is 3.07. The molecule has 2 atom stereocenters. The minimum Gasteiger partial charge on any atom is -0.349 e. The van der Waals surface area contributed by atoms with Gasteiger partial charge in [-0.2, -0.15) is 0 Å². The largest absolute Gasteiger partial charge is 0.349 e. The van der Waals surface area contributed by atoms with Gasteiger partial charge in [0.1, 0.15) is 0 Å². The number of carbonyl (C=O) groups is 2. The summed E-state index contributed by atoms with van der Waals surface area (Å²) < 4.78 is 0. The molecule has 1 aliphatic heterocycles. The van der Waals surface area contributed by atoms with E-state index in [2.05, 4.69) is 39.0 Å². The maximum Gasteiger partial charge on any atom is 0.314 e. The summed E-state index contributed by atoms with van der Waals surface area (Å²) in [6.07, 6.45) is 4.69. The van der Waals surface area contributed by atoms with Gasteiger partial charge in [-0.05, 0) is 36.8 Å². The zero-order valence-electron chi connectivity index (χ0n) is 14.9. The molecule has 0 bridgehead atoms. The molecule has 1 fully saturated rings. The van der Waals surface area contributed by atoms with Gasteiger partial charge in [0.15, 0.2) is 0 Å². The van der Waals surface area contributed by atoms with Crippen LogP contribution in [0.25, 0.3) is 0 Å². The maximum absolute atomic E-state index is 12.4. The fourth-order valence-corrected chi connectivity index (χ4v) is 3.84. The summed E-state index contributed by atoms with van der Waals surface area (Å²) in [4.78, 5) is 26.0. The minimum absolute atomic E-state index is 0.115. The van der Waals surface area contributed by atoms with Crippen LogP contribution in [-0.4, -0.2) is 49.6 Å². The number of benzene rings is 1. The number of rotatable bonds is 5. The van der Waals surface area contributed by atoms with Crippen molar-refractivity contribution in [2.75, 3.05) is 26.7 Å². The molecule has 6 heteroatoms. The molecule has 1 aliphatic carbocycles. The van der Waals surface area contributed by atoms with Crippen molar-refractivity contribution in [3.8, 4) is 0 Å². The first-order chi connectivity index (χ1) is 12.2. The monoisotopic (exact) mass is 344 g/mol. The lowest BCUT2D eigenvalue weighted by atomic mass is 9.87. The van der Waals surface area contributed by atoms with Crippen molar-refractivity contribution < 1.29 is 9.59 Å². The van der Waals surface area contributed by atoms with Gasteiger partial charge in [-0.3, -0.25) is 4.79 Å². The topological polar surface area (TPSA) is 73.5 Å². The summed E-state index contributed by atoms with van der Waals surface area (Å²) in [5, 5.41) is 8.71. The number of likely N-dealkylation sites (tertiary alicyclic amines) is 1. The normalized spacial score (nSPS) is 22.9. The van der Waals surface area contributed by atoms with Crippen LogP contribution in [0.1, 0.15) is 42.9 Å². The van der Waals surface area contributed by atoms with Gasteiger partial charge in [0.05, 0.1) is 6.04 Å². The Hall–Kier alpha value is -2.08. The van der Waals surface area contributed by atoms with Crippen molar-refractivity contribution in [3.63, 3.8) is 0 Å². The maximum atomic E-state index is 12.4. The first kappa shape index (κ1) is 17.7. The van der Waals surface area contributed by atoms with Crippen molar-refractivity contribution in [2.45, 2.75) is 44.2 Å². The molecular formula is C19H28N4O2. The molecule has 1 saturated heterocycles. The molecule has 0 spiro atoms. The van der Waals surface area contributed by atoms with Crippen molar-refractivity contribution in [1.82, 2.24) is 20.9 Å². The van der Waals surface area contributed by atoms with E-state index in [1.807, 2.05) is 6.07 Å². The highest BCUT2D eigenvalue weighted by Gasteiger charge is 2.25. The van der Waals surface area contributed by atoms with Gasteiger partial charge in [-0.15, -0.1) is 0 Å². The van der Waals surface area contributed by atoms with E-state index in [4.69, 9.17) is 0 Å². The van der Waals surface area contributed by atoms with Crippen molar-refractivity contribution in [1.29, 1.82) is 0 Å². The second-order valence-corrected chi connectivity index (χ2v) is 6.97. The number of nitrogens with zero attached hydrogens (tertiary/aromatic N) is 1. The fourth-order valence-electron chi connectivity index (χ4n) is 3.84. The Bertz CT molecular complexity index is 619. The van der Waals surface area contributed by atoms with Crippen LogP contribution in [-0.2, 0) is 11.2 Å². The van der Waals surface area contributed by atoms with E-state index in [1.165, 1.54) is 11.1 Å². The lowest BCUT2D eigenvalue weighted by Crippen LogP contribution is -2.42. The molecule has 3 amide bonds. The number of hydrogen-bond donors (Lipinski definition) is 3. The van der Waals surface area contributed by atoms with Gasteiger partial charge in [-0.1, -0.05) is 24.3 Å². The molecule has 1 aromatic rings. The Balaban J connectivity index is 1.43. The molecule has 3 rings (SSSR count). The quantitative estimate of drug-likeness (QED) is 0.759. The predicted molar refractivity (Wildman–Crippen MR) is 97.3 cm³/mol. The molecule has 2 aliphatic rings. The third kappa shape index (κ3) is 4.72. The summed E-state index contributed by atoms with van der Waals surface area (Å²) in [7, 11) is 1.62. The van der Waals surface area contributed by atoms with E-state index < -0.39 is 0 Å². The van der Waals surface area contributed by atoms with E-state index in [1.54, 1.807) is 7.05 Å². The van der Waals surface area contributed by atoms with E-state index in [9.17, 15) is 9.59 Å². The van der Waals surface area contributed by atoms with Crippen molar-refractivity contribution in [2.24, 2.45) is 0 Å². The zero-order valence-corrected chi connectivity index (χ0v) is 14.9. The van der Waals surface area contributed by atoms with Crippen LogP contribution in [0, 0.1) is 0 Å². The first-order valence-corrected chi connectivity index (χ1v) is 9.23. The van der Waals surface area contributed by atoms with Gasteiger partial charge in [0.2, 0.25) is 5.91 Å². The minimum atomic E-state index is -0.138. The summed E-state index contributed by atoms with van der Waals surface area (Å²) in [6.45, 7) is 2.48. The van der Waals surface area contributed by atoms with E-state index in [0.29, 0.717) is 6.42 Å². The summed E-state index contributed by atoms with van der Waals surface area (Å²) in [6, 6.07) is 8.60. The van der Waals surface area contributed by atoms with Crippen LogP contribution in [0.4, 0.5) is 4.79 Å². The predicted octanol–water partition coefficient (Wildman–Crippen LogP) is 1.57.